The van der Waals surface area contributed by atoms with Gasteiger partial charge in [0.1, 0.15) is 12.0 Å². The molecular formula is C23H22ClN4O3P. The van der Waals surface area contributed by atoms with Gasteiger partial charge in [-0.1, -0.05) is 28.8 Å². The Hall–Kier alpha value is -2.99. The molecule has 7 nitrogen and oxygen atoms in total. The van der Waals surface area contributed by atoms with Crippen LogP contribution in [0, 0.1) is 13.8 Å². The first-order valence-corrected chi connectivity index (χ1v) is 11.9. The highest BCUT2D eigenvalue weighted by Gasteiger charge is 2.36. The van der Waals surface area contributed by atoms with Crippen molar-refractivity contribution in [2.24, 2.45) is 0 Å². The third kappa shape index (κ3) is 4.19. The van der Waals surface area contributed by atoms with Crippen molar-refractivity contribution in [1.82, 2.24) is 20.3 Å². The molecule has 9 heteroatoms. The van der Waals surface area contributed by atoms with Gasteiger partial charge in [0.05, 0.1) is 5.30 Å². The van der Waals surface area contributed by atoms with E-state index in [-0.39, 0.29) is 12.2 Å². The van der Waals surface area contributed by atoms with Gasteiger partial charge in [0.2, 0.25) is 0 Å². The number of benzene rings is 2. The quantitative estimate of drug-likeness (QED) is 0.416. The first-order chi connectivity index (χ1) is 15.3. The first kappa shape index (κ1) is 22.2. The molecule has 0 aliphatic heterocycles. The second kappa shape index (κ2) is 8.87. The molecule has 0 aliphatic rings. The van der Waals surface area contributed by atoms with Crippen molar-refractivity contribution in [3.8, 4) is 0 Å². The minimum absolute atomic E-state index is 0.170. The lowest BCUT2D eigenvalue weighted by Gasteiger charge is -2.19. The van der Waals surface area contributed by atoms with Crippen LogP contribution in [0.15, 0.2) is 55.1 Å². The van der Waals surface area contributed by atoms with Crippen LogP contribution >= 0.6 is 19.0 Å². The maximum atomic E-state index is 14.4. The zero-order chi connectivity index (χ0) is 22.9. The summed E-state index contributed by atoms with van der Waals surface area (Å²) >= 11 is 6.25. The van der Waals surface area contributed by atoms with Gasteiger partial charge < -0.3 is 14.8 Å². The highest BCUT2D eigenvalue weighted by molar-refractivity contribution is 7.75. The Balaban J connectivity index is 1.87. The number of hydrogen-bond acceptors (Lipinski definition) is 5. The summed E-state index contributed by atoms with van der Waals surface area (Å²) in [6.07, 6.45) is 4.66. The fraction of sp³-hybridized carbons (Fsp3) is 0.174. The number of halogens is 1. The molecule has 4 aromatic rings. The zero-order valence-electron chi connectivity index (χ0n) is 17.8. The first-order valence-electron chi connectivity index (χ1n) is 9.90. The molecule has 4 rings (SSSR count). The number of H-pyrrole nitrogens is 1. The number of rotatable bonds is 6. The smallest absolute Gasteiger partial charge is 0.268 e. The van der Waals surface area contributed by atoms with Crippen LogP contribution in [0.3, 0.4) is 0 Å². The Kier molecular flexibility index (Phi) is 6.15. The molecule has 0 saturated carbocycles. The van der Waals surface area contributed by atoms with E-state index >= 15 is 0 Å². The van der Waals surface area contributed by atoms with E-state index in [1.165, 1.54) is 13.4 Å². The summed E-state index contributed by atoms with van der Waals surface area (Å²) in [5, 5.41) is 4.70. The molecule has 2 aromatic heterocycles. The van der Waals surface area contributed by atoms with E-state index in [2.05, 4.69) is 20.3 Å². The fourth-order valence-electron chi connectivity index (χ4n) is 3.76. The van der Waals surface area contributed by atoms with Crippen LogP contribution in [0.4, 0.5) is 0 Å². The molecule has 2 heterocycles. The lowest BCUT2D eigenvalue weighted by molar-refractivity contribution is 0.0947. The number of hydrogen-bond donors (Lipinski definition) is 2. The standard InChI is InChI=1S/C23H22ClN4O3P/c1-14-6-15(2)8-18(7-14)32(30,31-3)22-19-9-17(24)4-5-20(19)28-21(22)23(29)27-12-16-10-25-13-26-11-16/h4-11,13,28H,12H2,1-3H3,(H,27,29). The molecule has 0 aliphatic carbocycles. The molecule has 1 amide bonds. The van der Waals surface area contributed by atoms with Crippen molar-refractivity contribution in [1.29, 1.82) is 0 Å². The third-order valence-electron chi connectivity index (χ3n) is 5.13. The van der Waals surface area contributed by atoms with E-state index in [0.717, 1.165) is 16.7 Å². The fourth-order valence-corrected chi connectivity index (χ4v) is 6.28. The lowest BCUT2D eigenvalue weighted by Crippen LogP contribution is -2.30. The molecule has 1 atom stereocenters. The maximum absolute atomic E-state index is 14.4. The maximum Gasteiger partial charge on any atom is 0.268 e. The number of aryl methyl sites for hydroxylation is 2. The molecule has 0 spiro atoms. The number of aromatic amines is 1. The Morgan fingerprint density at radius 3 is 2.47 bits per heavy atom. The Labute approximate surface area is 190 Å². The van der Waals surface area contributed by atoms with Gasteiger partial charge in [0.15, 0.2) is 0 Å². The van der Waals surface area contributed by atoms with Gasteiger partial charge in [-0.25, -0.2) is 9.97 Å². The van der Waals surface area contributed by atoms with Gasteiger partial charge in [-0.2, -0.15) is 0 Å². The van der Waals surface area contributed by atoms with Crippen LogP contribution in [0.2, 0.25) is 5.02 Å². The average Bonchev–Trinajstić information content (AvgIpc) is 3.16. The number of nitrogens with one attached hydrogen (secondary N) is 2. The monoisotopic (exact) mass is 468 g/mol. The van der Waals surface area contributed by atoms with Gasteiger partial charge in [-0.05, 0) is 44.2 Å². The van der Waals surface area contributed by atoms with E-state index in [1.807, 2.05) is 32.0 Å². The number of amides is 1. The molecule has 2 aromatic carbocycles. The van der Waals surface area contributed by atoms with Gasteiger partial charge in [-0.3, -0.25) is 9.36 Å². The second-order valence-corrected chi connectivity index (χ2v) is 10.4. The number of nitrogens with zero attached hydrogens (tertiary/aromatic N) is 2. The second-order valence-electron chi connectivity index (χ2n) is 7.55. The SMILES string of the molecule is COP(=O)(c1cc(C)cc(C)c1)c1c(C(=O)NCc2cncnc2)[nH]c2ccc(Cl)cc12. The minimum Gasteiger partial charge on any atom is -0.350 e. The van der Waals surface area contributed by atoms with Crippen molar-refractivity contribution in [2.75, 3.05) is 7.11 Å². The molecule has 0 radical (unpaired) electrons. The topological polar surface area (TPSA) is 97.0 Å². The van der Waals surface area contributed by atoms with Gasteiger partial charge in [0.25, 0.3) is 13.3 Å². The van der Waals surface area contributed by atoms with Gasteiger partial charge >= 0.3 is 0 Å². The summed E-state index contributed by atoms with van der Waals surface area (Å²) < 4.78 is 20.1. The van der Waals surface area contributed by atoms with Crippen LogP contribution in [-0.2, 0) is 15.6 Å². The summed E-state index contributed by atoms with van der Waals surface area (Å²) in [5.74, 6) is -0.419. The molecule has 32 heavy (non-hydrogen) atoms. The Bertz CT molecular complexity index is 1330. The van der Waals surface area contributed by atoms with E-state index in [4.69, 9.17) is 16.1 Å². The predicted octanol–water partition coefficient (Wildman–Crippen LogP) is 4.03. The summed E-state index contributed by atoms with van der Waals surface area (Å²) in [7, 11) is -2.25. The third-order valence-corrected chi connectivity index (χ3v) is 7.87. The van der Waals surface area contributed by atoms with Crippen molar-refractivity contribution >= 4 is 46.4 Å². The van der Waals surface area contributed by atoms with Crippen LogP contribution in [0.5, 0.6) is 0 Å². The van der Waals surface area contributed by atoms with Gasteiger partial charge in [-0.15, -0.1) is 0 Å². The number of carbonyl (C=O) groups excluding carboxylic acids is 1. The van der Waals surface area contributed by atoms with Crippen molar-refractivity contribution in [2.45, 2.75) is 20.4 Å². The minimum atomic E-state index is -3.64. The van der Waals surface area contributed by atoms with E-state index in [1.54, 1.807) is 30.6 Å². The molecule has 0 saturated heterocycles. The number of aromatic nitrogens is 3. The van der Waals surface area contributed by atoms with Gasteiger partial charge in [0, 0.05) is 52.8 Å². The molecule has 0 bridgehead atoms. The molecule has 164 valence electrons. The highest BCUT2D eigenvalue weighted by Crippen LogP contribution is 2.47. The summed E-state index contributed by atoms with van der Waals surface area (Å²) in [6, 6.07) is 10.8. The lowest BCUT2D eigenvalue weighted by atomic mass is 10.2. The predicted molar refractivity (Wildman–Crippen MR) is 126 cm³/mol. The Morgan fingerprint density at radius 1 is 1.12 bits per heavy atom. The molecule has 1 unspecified atom stereocenters. The zero-order valence-corrected chi connectivity index (χ0v) is 19.5. The van der Waals surface area contributed by atoms with Crippen molar-refractivity contribution in [3.63, 3.8) is 0 Å². The normalized spacial score (nSPS) is 13.1. The van der Waals surface area contributed by atoms with Crippen molar-refractivity contribution in [3.05, 3.63) is 82.5 Å². The highest BCUT2D eigenvalue weighted by atomic mass is 35.5. The number of carbonyl (C=O) groups is 1. The van der Waals surface area contributed by atoms with Crippen molar-refractivity contribution < 1.29 is 13.9 Å². The average molecular weight is 469 g/mol. The summed E-state index contributed by atoms with van der Waals surface area (Å²) in [6.45, 7) is 4.08. The largest absolute Gasteiger partial charge is 0.350 e. The van der Waals surface area contributed by atoms with Crippen LogP contribution in [0.1, 0.15) is 27.2 Å². The molecule has 2 N–H and O–H groups in total. The molecule has 0 fully saturated rings. The van der Waals surface area contributed by atoms with Crippen LogP contribution < -0.4 is 15.9 Å². The summed E-state index contributed by atoms with van der Waals surface area (Å²) in [4.78, 5) is 24.3. The summed E-state index contributed by atoms with van der Waals surface area (Å²) in [5.41, 5.74) is 3.45. The number of fused-ring (bicyclic) bond motifs is 1. The van der Waals surface area contributed by atoms with E-state index in [0.29, 0.717) is 26.5 Å². The Morgan fingerprint density at radius 2 is 1.81 bits per heavy atom. The van der Waals surface area contributed by atoms with Crippen LogP contribution in [0.25, 0.3) is 10.9 Å². The molecular weight excluding hydrogens is 447 g/mol. The van der Waals surface area contributed by atoms with E-state index < -0.39 is 13.3 Å². The van der Waals surface area contributed by atoms with E-state index in [9.17, 15) is 9.36 Å². The van der Waals surface area contributed by atoms with Crippen LogP contribution in [-0.4, -0.2) is 28.0 Å².